The zero-order chi connectivity index (χ0) is 11.6. The zero-order valence-corrected chi connectivity index (χ0v) is 10.9. The first kappa shape index (κ1) is 11.9. The minimum Gasteiger partial charge on any atom is -0.355 e. The number of nitrogens with one attached hydrogen (secondary N) is 2. The van der Waals surface area contributed by atoms with Gasteiger partial charge in [-0.25, -0.2) is 0 Å². The van der Waals surface area contributed by atoms with Crippen molar-refractivity contribution in [2.24, 2.45) is 4.99 Å². The Bertz CT molecular complexity index is 308. The van der Waals surface area contributed by atoms with Crippen LogP contribution in [0.15, 0.2) is 4.99 Å². The van der Waals surface area contributed by atoms with Gasteiger partial charge in [-0.15, -0.1) is 0 Å². The van der Waals surface area contributed by atoms with Gasteiger partial charge in [0.2, 0.25) is 0 Å². The van der Waals surface area contributed by atoms with Crippen LogP contribution in [0.2, 0.25) is 0 Å². The standard InChI is InChI=1S/C11H21N3OS/c1-12-10(14-9-4-5-9)13-8-11(16(2)15)6-3-7-11/h9H,3-8H2,1-2H3,(H2,12,13,14). The van der Waals surface area contributed by atoms with Gasteiger partial charge in [0, 0.05) is 36.7 Å². The monoisotopic (exact) mass is 243 g/mol. The molecule has 2 saturated carbocycles. The summed E-state index contributed by atoms with van der Waals surface area (Å²) in [5.74, 6) is 0.860. The lowest BCUT2D eigenvalue weighted by molar-refractivity contribution is 0.349. The Kier molecular flexibility index (Phi) is 3.52. The van der Waals surface area contributed by atoms with Gasteiger partial charge in [-0.2, -0.15) is 0 Å². The second kappa shape index (κ2) is 4.73. The van der Waals surface area contributed by atoms with E-state index < -0.39 is 10.8 Å². The molecule has 5 heteroatoms. The van der Waals surface area contributed by atoms with Crippen molar-refractivity contribution in [1.29, 1.82) is 0 Å². The lowest BCUT2D eigenvalue weighted by atomic mass is 9.84. The van der Waals surface area contributed by atoms with Gasteiger partial charge in [0.15, 0.2) is 5.96 Å². The number of aliphatic imine (C=N–C) groups is 1. The largest absolute Gasteiger partial charge is 0.355 e. The van der Waals surface area contributed by atoms with E-state index in [0.29, 0.717) is 6.04 Å². The van der Waals surface area contributed by atoms with Crippen LogP contribution in [0.4, 0.5) is 0 Å². The molecule has 2 aliphatic carbocycles. The SMILES string of the molecule is CN=C(NCC1(S(C)=O)CCC1)NC1CC1. The summed E-state index contributed by atoms with van der Waals surface area (Å²) in [7, 11) is 1.04. The van der Waals surface area contributed by atoms with Gasteiger partial charge >= 0.3 is 0 Å². The molecule has 0 bridgehead atoms. The summed E-state index contributed by atoms with van der Waals surface area (Å²) in [6, 6.07) is 0.607. The van der Waals surface area contributed by atoms with Crippen molar-refractivity contribution in [3.63, 3.8) is 0 Å². The van der Waals surface area contributed by atoms with E-state index in [9.17, 15) is 4.21 Å². The second-order valence-electron chi connectivity index (χ2n) is 4.84. The summed E-state index contributed by atoms with van der Waals surface area (Å²) in [5.41, 5.74) is 0. The van der Waals surface area contributed by atoms with Crippen LogP contribution in [0.5, 0.6) is 0 Å². The van der Waals surface area contributed by atoms with Crippen molar-refractivity contribution in [3.05, 3.63) is 0 Å². The molecule has 0 radical (unpaired) electrons. The first-order valence-electron chi connectivity index (χ1n) is 5.97. The summed E-state index contributed by atoms with van der Waals surface area (Å²) >= 11 is 0. The van der Waals surface area contributed by atoms with E-state index in [1.165, 1.54) is 19.3 Å². The molecular formula is C11H21N3OS. The summed E-state index contributed by atoms with van der Waals surface area (Å²) in [4.78, 5) is 4.18. The third-order valence-electron chi connectivity index (χ3n) is 3.59. The minimum absolute atomic E-state index is 0.00116. The predicted molar refractivity (Wildman–Crippen MR) is 68.2 cm³/mol. The minimum atomic E-state index is -0.743. The fourth-order valence-electron chi connectivity index (χ4n) is 2.00. The van der Waals surface area contributed by atoms with Gasteiger partial charge < -0.3 is 10.6 Å². The Labute approximate surface area is 99.7 Å². The number of hydrogen-bond donors (Lipinski definition) is 2. The van der Waals surface area contributed by atoms with Crippen molar-refractivity contribution < 1.29 is 4.21 Å². The van der Waals surface area contributed by atoms with E-state index in [1.54, 1.807) is 7.05 Å². The third-order valence-corrected chi connectivity index (χ3v) is 5.37. The third kappa shape index (κ3) is 2.56. The highest BCUT2D eigenvalue weighted by Crippen LogP contribution is 2.36. The average Bonchev–Trinajstić information content (AvgIpc) is 2.97. The fourth-order valence-corrected chi connectivity index (χ4v) is 3.14. The molecule has 2 fully saturated rings. The van der Waals surface area contributed by atoms with Crippen molar-refractivity contribution >= 4 is 16.8 Å². The topological polar surface area (TPSA) is 53.5 Å². The highest BCUT2D eigenvalue weighted by atomic mass is 32.2. The van der Waals surface area contributed by atoms with Gasteiger partial charge in [-0.1, -0.05) is 6.42 Å². The Hall–Kier alpha value is -0.580. The zero-order valence-electron chi connectivity index (χ0n) is 10.1. The predicted octanol–water partition coefficient (Wildman–Crippen LogP) is 0.615. The molecule has 0 aromatic rings. The molecule has 0 amide bonds. The molecule has 2 N–H and O–H groups in total. The van der Waals surface area contributed by atoms with Crippen LogP contribution in [0, 0.1) is 0 Å². The maximum absolute atomic E-state index is 11.7. The lowest BCUT2D eigenvalue weighted by Gasteiger charge is -2.40. The molecule has 0 aromatic heterocycles. The number of nitrogens with zero attached hydrogens (tertiary/aromatic N) is 1. The van der Waals surface area contributed by atoms with Gasteiger partial charge in [0.25, 0.3) is 0 Å². The van der Waals surface area contributed by atoms with Crippen LogP contribution in [0.25, 0.3) is 0 Å². The van der Waals surface area contributed by atoms with Crippen molar-refractivity contribution in [2.45, 2.75) is 42.9 Å². The molecule has 0 aliphatic heterocycles. The van der Waals surface area contributed by atoms with Gasteiger partial charge in [-0.3, -0.25) is 9.20 Å². The number of rotatable bonds is 4. The molecule has 4 nitrogen and oxygen atoms in total. The number of hydrogen-bond acceptors (Lipinski definition) is 2. The molecule has 0 spiro atoms. The molecule has 1 atom stereocenters. The lowest BCUT2D eigenvalue weighted by Crippen LogP contribution is -2.53. The number of guanidine groups is 1. The fraction of sp³-hybridized carbons (Fsp3) is 0.909. The first-order chi connectivity index (χ1) is 7.66. The van der Waals surface area contributed by atoms with E-state index >= 15 is 0 Å². The highest BCUT2D eigenvalue weighted by Gasteiger charge is 2.41. The summed E-state index contributed by atoms with van der Waals surface area (Å²) < 4.78 is 11.7. The summed E-state index contributed by atoms with van der Waals surface area (Å²) in [6.07, 6.45) is 7.65. The van der Waals surface area contributed by atoms with E-state index in [0.717, 1.165) is 25.3 Å². The Morgan fingerprint density at radius 2 is 2.19 bits per heavy atom. The average molecular weight is 243 g/mol. The molecule has 2 rings (SSSR count). The summed E-state index contributed by atoms with van der Waals surface area (Å²) in [6.45, 7) is 0.780. The van der Waals surface area contributed by atoms with Crippen LogP contribution in [-0.2, 0) is 10.8 Å². The second-order valence-corrected chi connectivity index (χ2v) is 6.61. The Balaban J connectivity index is 1.82. The van der Waals surface area contributed by atoms with E-state index in [1.807, 2.05) is 6.26 Å². The van der Waals surface area contributed by atoms with Gasteiger partial charge in [0.1, 0.15) is 0 Å². The van der Waals surface area contributed by atoms with Crippen LogP contribution < -0.4 is 10.6 Å². The maximum atomic E-state index is 11.7. The van der Waals surface area contributed by atoms with E-state index in [-0.39, 0.29) is 4.75 Å². The Morgan fingerprint density at radius 3 is 2.56 bits per heavy atom. The smallest absolute Gasteiger partial charge is 0.191 e. The molecule has 1 unspecified atom stereocenters. The quantitative estimate of drug-likeness (QED) is 0.562. The van der Waals surface area contributed by atoms with Crippen LogP contribution in [0.1, 0.15) is 32.1 Å². The van der Waals surface area contributed by atoms with Crippen LogP contribution in [-0.4, -0.2) is 40.8 Å². The Morgan fingerprint density at radius 1 is 1.50 bits per heavy atom. The van der Waals surface area contributed by atoms with E-state index in [2.05, 4.69) is 15.6 Å². The van der Waals surface area contributed by atoms with Gasteiger partial charge in [-0.05, 0) is 25.7 Å². The van der Waals surface area contributed by atoms with Crippen molar-refractivity contribution in [2.75, 3.05) is 19.8 Å². The molecule has 2 aliphatic rings. The first-order valence-corrected chi connectivity index (χ1v) is 7.53. The molecular weight excluding hydrogens is 222 g/mol. The highest BCUT2D eigenvalue weighted by molar-refractivity contribution is 7.85. The maximum Gasteiger partial charge on any atom is 0.191 e. The molecule has 92 valence electrons. The molecule has 0 aromatic carbocycles. The van der Waals surface area contributed by atoms with Crippen LogP contribution >= 0.6 is 0 Å². The van der Waals surface area contributed by atoms with Crippen molar-refractivity contribution in [1.82, 2.24) is 10.6 Å². The molecule has 16 heavy (non-hydrogen) atoms. The normalized spacial score (nSPS) is 25.8. The van der Waals surface area contributed by atoms with Crippen LogP contribution in [0.3, 0.4) is 0 Å². The van der Waals surface area contributed by atoms with Gasteiger partial charge in [0.05, 0.1) is 4.75 Å². The van der Waals surface area contributed by atoms with E-state index in [4.69, 9.17) is 0 Å². The molecule has 0 saturated heterocycles. The van der Waals surface area contributed by atoms with Crippen molar-refractivity contribution in [3.8, 4) is 0 Å². The summed E-state index contributed by atoms with van der Waals surface area (Å²) in [5, 5.41) is 6.65. The molecule has 0 heterocycles.